The van der Waals surface area contributed by atoms with Crippen LogP contribution in [0.3, 0.4) is 0 Å². The third-order valence-electron chi connectivity index (χ3n) is 3.31. The van der Waals surface area contributed by atoms with Crippen LogP contribution >= 0.6 is 0 Å². The number of nitrogen functional groups attached to an aromatic ring is 1. The van der Waals surface area contributed by atoms with Gasteiger partial charge in [0.05, 0.1) is 13.2 Å². The number of benzene rings is 1. The van der Waals surface area contributed by atoms with E-state index in [1.807, 2.05) is 19.9 Å². The van der Waals surface area contributed by atoms with Gasteiger partial charge in [-0.2, -0.15) is 0 Å². The number of nitrogens with one attached hydrogen (secondary N) is 1. The Morgan fingerprint density at radius 3 is 2.81 bits per heavy atom. The lowest BCUT2D eigenvalue weighted by atomic mass is 9.97. The van der Waals surface area contributed by atoms with Gasteiger partial charge in [0.15, 0.2) is 11.6 Å². The number of methoxy groups -OCH3 is 1. The maximum atomic E-state index is 13.6. The highest BCUT2D eigenvalue weighted by molar-refractivity contribution is 5.48. The molecule has 0 aliphatic heterocycles. The SMILES string of the molecule is CCNC(c1ccc(F)c(OC)c1)c1cc(C)cnc1N. The first-order chi connectivity index (χ1) is 10.1. The van der Waals surface area contributed by atoms with E-state index in [1.54, 1.807) is 18.3 Å². The molecule has 1 aromatic carbocycles. The fourth-order valence-electron chi connectivity index (χ4n) is 2.30. The first-order valence-electron chi connectivity index (χ1n) is 6.85. The van der Waals surface area contributed by atoms with Crippen molar-refractivity contribution in [2.75, 3.05) is 19.4 Å². The van der Waals surface area contributed by atoms with Crippen LogP contribution in [0.5, 0.6) is 5.75 Å². The van der Waals surface area contributed by atoms with E-state index in [0.717, 1.165) is 23.2 Å². The van der Waals surface area contributed by atoms with Crippen LogP contribution in [0.4, 0.5) is 10.2 Å². The number of nitrogens with zero attached hydrogens (tertiary/aromatic N) is 1. The summed E-state index contributed by atoms with van der Waals surface area (Å²) in [5, 5.41) is 3.36. The number of rotatable bonds is 5. The van der Waals surface area contributed by atoms with E-state index in [9.17, 15) is 4.39 Å². The molecule has 1 aromatic heterocycles. The summed E-state index contributed by atoms with van der Waals surface area (Å²) in [5.41, 5.74) is 8.79. The monoisotopic (exact) mass is 289 g/mol. The van der Waals surface area contributed by atoms with Crippen molar-refractivity contribution in [3.8, 4) is 5.75 Å². The number of hydrogen-bond acceptors (Lipinski definition) is 4. The first-order valence-corrected chi connectivity index (χ1v) is 6.85. The Labute approximate surface area is 124 Å². The van der Waals surface area contributed by atoms with Crippen LogP contribution in [-0.4, -0.2) is 18.6 Å². The molecule has 21 heavy (non-hydrogen) atoms. The summed E-state index contributed by atoms with van der Waals surface area (Å²) in [7, 11) is 1.45. The van der Waals surface area contributed by atoms with Crippen molar-refractivity contribution in [3.05, 3.63) is 53.0 Å². The van der Waals surface area contributed by atoms with Crippen molar-refractivity contribution in [2.24, 2.45) is 0 Å². The Balaban J connectivity index is 2.50. The van der Waals surface area contributed by atoms with Crippen molar-refractivity contribution < 1.29 is 9.13 Å². The van der Waals surface area contributed by atoms with Gasteiger partial charge < -0.3 is 15.8 Å². The highest BCUT2D eigenvalue weighted by Gasteiger charge is 2.18. The van der Waals surface area contributed by atoms with Crippen molar-refractivity contribution in [1.29, 1.82) is 0 Å². The van der Waals surface area contributed by atoms with Gasteiger partial charge in [-0.3, -0.25) is 0 Å². The Morgan fingerprint density at radius 2 is 2.14 bits per heavy atom. The van der Waals surface area contributed by atoms with Crippen LogP contribution in [0.25, 0.3) is 0 Å². The Kier molecular flexibility index (Phi) is 4.75. The van der Waals surface area contributed by atoms with Gasteiger partial charge in [-0.05, 0) is 42.8 Å². The maximum absolute atomic E-state index is 13.6. The van der Waals surface area contributed by atoms with E-state index in [2.05, 4.69) is 10.3 Å². The van der Waals surface area contributed by atoms with Gasteiger partial charge in [0, 0.05) is 11.8 Å². The van der Waals surface area contributed by atoms with Gasteiger partial charge in [-0.25, -0.2) is 9.37 Å². The number of halogens is 1. The number of ether oxygens (including phenoxy) is 1. The van der Waals surface area contributed by atoms with Gasteiger partial charge in [-0.1, -0.05) is 13.0 Å². The summed E-state index contributed by atoms with van der Waals surface area (Å²) in [6.45, 7) is 4.72. The Hall–Kier alpha value is -2.14. The summed E-state index contributed by atoms with van der Waals surface area (Å²) < 4.78 is 18.6. The molecule has 0 radical (unpaired) electrons. The first kappa shape index (κ1) is 15.3. The lowest BCUT2D eigenvalue weighted by Gasteiger charge is -2.21. The molecule has 2 aromatic rings. The van der Waals surface area contributed by atoms with Crippen LogP contribution < -0.4 is 15.8 Å². The van der Waals surface area contributed by atoms with Crippen LogP contribution in [0.1, 0.15) is 29.7 Å². The molecule has 1 unspecified atom stereocenters. The van der Waals surface area contributed by atoms with Crippen LogP contribution in [0.15, 0.2) is 30.5 Å². The topological polar surface area (TPSA) is 60.2 Å². The molecule has 1 heterocycles. The predicted octanol–water partition coefficient (Wildman–Crippen LogP) is 2.82. The second kappa shape index (κ2) is 6.54. The molecular formula is C16H20FN3O. The minimum absolute atomic E-state index is 0.156. The number of aryl methyl sites for hydroxylation is 1. The molecule has 0 fully saturated rings. The van der Waals surface area contributed by atoms with Crippen molar-refractivity contribution >= 4 is 5.82 Å². The normalized spacial score (nSPS) is 12.2. The lowest BCUT2D eigenvalue weighted by Crippen LogP contribution is -2.23. The van der Waals surface area contributed by atoms with Gasteiger partial charge in [0.2, 0.25) is 0 Å². The third-order valence-corrected chi connectivity index (χ3v) is 3.31. The molecule has 2 rings (SSSR count). The van der Waals surface area contributed by atoms with Crippen molar-refractivity contribution in [3.63, 3.8) is 0 Å². The van der Waals surface area contributed by atoms with E-state index in [-0.39, 0.29) is 17.6 Å². The van der Waals surface area contributed by atoms with Gasteiger partial charge in [0.1, 0.15) is 5.82 Å². The smallest absolute Gasteiger partial charge is 0.165 e. The minimum Gasteiger partial charge on any atom is -0.494 e. The Bertz CT molecular complexity index is 631. The summed E-state index contributed by atoms with van der Waals surface area (Å²) in [6.07, 6.45) is 1.73. The summed E-state index contributed by atoms with van der Waals surface area (Å²) in [6, 6.07) is 6.65. The van der Waals surface area contributed by atoms with E-state index in [4.69, 9.17) is 10.5 Å². The van der Waals surface area contributed by atoms with Crippen molar-refractivity contribution in [2.45, 2.75) is 19.9 Å². The molecule has 0 aliphatic rings. The lowest BCUT2D eigenvalue weighted by molar-refractivity contribution is 0.385. The Morgan fingerprint density at radius 1 is 1.38 bits per heavy atom. The zero-order valence-corrected chi connectivity index (χ0v) is 12.5. The average Bonchev–Trinajstić information content (AvgIpc) is 2.48. The second-order valence-electron chi connectivity index (χ2n) is 4.87. The van der Waals surface area contributed by atoms with E-state index in [0.29, 0.717) is 5.82 Å². The third kappa shape index (κ3) is 3.31. The predicted molar refractivity (Wildman–Crippen MR) is 81.9 cm³/mol. The summed E-state index contributed by atoms with van der Waals surface area (Å²) in [5.74, 6) is 0.302. The van der Waals surface area contributed by atoms with E-state index >= 15 is 0 Å². The standard InChI is InChI=1S/C16H20FN3O/c1-4-19-15(12-7-10(2)9-20-16(12)18)11-5-6-13(17)14(8-11)21-3/h5-9,15,19H,4H2,1-3H3,(H2,18,20). The molecule has 5 heteroatoms. The highest BCUT2D eigenvalue weighted by Crippen LogP contribution is 2.29. The number of pyridine rings is 1. The maximum Gasteiger partial charge on any atom is 0.165 e. The molecule has 0 amide bonds. The largest absolute Gasteiger partial charge is 0.494 e. The van der Waals surface area contributed by atoms with Crippen LogP contribution in [0, 0.1) is 12.7 Å². The number of anilines is 1. The van der Waals surface area contributed by atoms with Crippen LogP contribution in [0.2, 0.25) is 0 Å². The van der Waals surface area contributed by atoms with Crippen LogP contribution in [-0.2, 0) is 0 Å². The molecule has 0 saturated heterocycles. The minimum atomic E-state index is -0.383. The molecule has 112 valence electrons. The molecular weight excluding hydrogens is 269 g/mol. The number of hydrogen-bond donors (Lipinski definition) is 2. The quantitative estimate of drug-likeness (QED) is 0.888. The van der Waals surface area contributed by atoms with E-state index in [1.165, 1.54) is 13.2 Å². The average molecular weight is 289 g/mol. The summed E-state index contributed by atoms with van der Waals surface area (Å²) >= 11 is 0. The fraction of sp³-hybridized carbons (Fsp3) is 0.312. The fourth-order valence-corrected chi connectivity index (χ4v) is 2.30. The molecule has 0 bridgehead atoms. The molecule has 1 atom stereocenters. The number of aromatic nitrogens is 1. The van der Waals surface area contributed by atoms with Crippen molar-refractivity contribution in [1.82, 2.24) is 10.3 Å². The number of nitrogens with two attached hydrogens (primary N) is 1. The molecule has 0 spiro atoms. The van der Waals surface area contributed by atoms with E-state index < -0.39 is 0 Å². The highest BCUT2D eigenvalue weighted by atomic mass is 19.1. The second-order valence-corrected chi connectivity index (χ2v) is 4.87. The zero-order chi connectivity index (χ0) is 15.4. The molecule has 4 nitrogen and oxygen atoms in total. The van der Waals surface area contributed by atoms with Gasteiger partial charge in [-0.15, -0.1) is 0 Å². The van der Waals surface area contributed by atoms with Gasteiger partial charge >= 0.3 is 0 Å². The summed E-state index contributed by atoms with van der Waals surface area (Å²) in [4.78, 5) is 4.20. The molecule has 3 N–H and O–H groups in total. The molecule has 0 aliphatic carbocycles. The molecule has 0 saturated carbocycles. The zero-order valence-electron chi connectivity index (χ0n) is 12.5. The van der Waals surface area contributed by atoms with Gasteiger partial charge in [0.25, 0.3) is 0 Å².